The number of benzene rings is 2. The molecule has 0 bridgehead atoms. The lowest BCUT2D eigenvalue weighted by Crippen LogP contribution is -2.36. The molecule has 2 saturated carbocycles. The second-order valence-corrected chi connectivity index (χ2v) is 12.7. The molecular weight excluding hydrogens is 468 g/mol. The van der Waals surface area contributed by atoms with Gasteiger partial charge in [-0.2, -0.15) is 0 Å². The summed E-state index contributed by atoms with van der Waals surface area (Å²) < 4.78 is 0. The molecule has 1 saturated heterocycles. The number of carbonyl (C=O) groups excluding carboxylic acids is 2. The van der Waals surface area contributed by atoms with Crippen molar-refractivity contribution in [1.29, 1.82) is 0 Å². The first-order chi connectivity index (χ1) is 18.2. The molecule has 0 aromatic heterocycles. The van der Waals surface area contributed by atoms with Crippen LogP contribution in [0.15, 0.2) is 72.3 Å². The van der Waals surface area contributed by atoms with Gasteiger partial charge in [-0.15, -0.1) is 0 Å². The van der Waals surface area contributed by atoms with Crippen molar-refractivity contribution < 1.29 is 9.59 Å². The van der Waals surface area contributed by atoms with Gasteiger partial charge in [-0.25, -0.2) is 0 Å². The van der Waals surface area contributed by atoms with Gasteiger partial charge in [-0.1, -0.05) is 87.4 Å². The zero-order chi connectivity index (χ0) is 26.9. The number of hydrogen-bond acceptors (Lipinski definition) is 2. The van der Waals surface area contributed by atoms with Crippen molar-refractivity contribution in [1.82, 2.24) is 9.80 Å². The predicted molar refractivity (Wildman–Crippen MR) is 153 cm³/mol. The number of amides is 2. The van der Waals surface area contributed by atoms with Crippen LogP contribution in [-0.4, -0.2) is 34.7 Å². The highest BCUT2D eigenvalue weighted by molar-refractivity contribution is 5.92. The van der Waals surface area contributed by atoms with Crippen LogP contribution < -0.4 is 0 Å². The largest absolute Gasteiger partial charge is 0.336 e. The standard InChI is InChI=1S/C17H23NO.C17H21NO/c2*1-13(14-7-4-3-5-8-14)18-12-15(11-16(18)19)17(2)9-6-10-17/h3-5,7-8,13,15H,6,9-12H2,1-2H3;3-5,7-8,11,13H,6,9-10,12H2,1-2H3/t13-,15?;13-/m00/s1. The molecule has 3 fully saturated rings. The summed E-state index contributed by atoms with van der Waals surface area (Å²) in [6.45, 7) is 10.7. The molecule has 2 amide bonds. The van der Waals surface area contributed by atoms with E-state index in [4.69, 9.17) is 0 Å². The van der Waals surface area contributed by atoms with Crippen molar-refractivity contribution in [3.63, 3.8) is 0 Å². The van der Waals surface area contributed by atoms with Crippen LogP contribution in [0.3, 0.4) is 0 Å². The lowest BCUT2D eigenvalue weighted by molar-refractivity contribution is -0.129. The maximum absolute atomic E-state index is 12.3. The van der Waals surface area contributed by atoms with Crippen molar-refractivity contribution >= 4 is 11.8 Å². The van der Waals surface area contributed by atoms with Gasteiger partial charge in [0.05, 0.1) is 12.1 Å². The van der Waals surface area contributed by atoms with Crippen LogP contribution >= 0.6 is 0 Å². The lowest BCUT2D eigenvalue weighted by Gasteiger charge is -2.43. The maximum Gasteiger partial charge on any atom is 0.247 e. The van der Waals surface area contributed by atoms with E-state index >= 15 is 0 Å². The molecule has 2 aliphatic carbocycles. The Kier molecular flexibility index (Phi) is 7.53. The molecule has 38 heavy (non-hydrogen) atoms. The summed E-state index contributed by atoms with van der Waals surface area (Å²) in [7, 11) is 0. The van der Waals surface area contributed by atoms with Crippen LogP contribution in [0.1, 0.15) is 95.9 Å². The molecule has 0 N–H and O–H groups in total. The molecule has 202 valence electrons. The van der Waals surface area contributed by atoms with Crippen molar-refractivity contribution in [2.75, 3.05) is 13.1 Å². The fourth-order valence-corrected chi connectivity index (χ4v) is 6.80. The first kappa shape index (κ1) is 26.7. The Morgan fingerprint density at radius 1 is 0.763 bits per heavy atom. The van der Waals surface area contributed by atoms with Crippen molar-refractivity contribution in [3.05, 3.63) is 83.4 Å². The van der Waals surface area contributed by atoms with E-state index in [2.05, 4.69) is 69.0 Å². The van der Waals surface area contributed by atoms with Crippen LogP contribution in [0.2, 0.25) is 0 Å². The second-order valence-electron chi connectivity index (χ2n) is 12.7. The maximum atomic E-state index is 12.3. The highest BCUT2D eigenvalue weighted by atomic mass is 16.2. The average molecular weight is 513 g/mol. The summed E-state index contributed by atoms with van der Waals surface area (Å²) in [6.07, 6.45) is 10.4. The van der Waals surface area contributed by atoms with Gasteiger partial charge in [0, 0.05) is 25.6 Å². The predicted octanol–water partition coefficient (Wildman–Crippen LogP) is 7.49. The Hall–Kier alpha value is -2.88. The summed E-state index contributed by atoms with van der Waals surface area (Å²) in [6, 6.07) is 21.0. The van der Waals surface area contributed by atoms with Gasteiger partial charge in [-0.05, 0) is 73.0 Å². The van der Waals surface area contributed by atoms with E-state index in [-0.39, 0.29) is 18.0 Å². The van der Waals surface area contributed by atoms with Crippen LogP contribution in [-0.2, 0) is 9.59 Å². The first-order valence-electron chi connectivity index (χ1n) is 14.6. The SMILES string of the molecule is C[C@@H](c1ccccc1)N1CC(C2(C)CCC2)=CC1=O.C[C@@H](c1ccccc1)N1CC(C2(C)CCC2)CC1=O. The summed E-state index contributed by atoms with van der Waals surface area (Å²) in [4.78, 5) is 28.6. The second kappa shape index (κ2) is 10.7. The van der Waals surface area contributed by atoms with Crippen LogP contribution in [0.25, 0.3) is 0 Å². The molecular formula is C34H44N2O2. The van der Waals surface area contributed by atoms with Gasteiger partial charge in [0.25, 0.3) is 0 Å². The van der Waals surface area contributed by atoms with Crippen molar-refractivity contribution in [3.8, 4) is 0 Å². The van der Waals surface area contributed by atoms with E-state index in [0.717, 1.165) is 19.5 Å². The highest BCUT2D eigenvalue weighted by Crippen LogP contribution is 2.51. The van der Waals surface area contributed by atoms with Crippen LogP contribution in [0.4, 0.5) is 0 Å². The average Bonchev–Trinajstić information content (AvgIpc) is 3.49. The molecule has 6 rings (SSSR count). The molecule has 2 aliphatic heterocycles. The molecule has 4 aliphatic rings. The van der Waals surface area contributed by atoms with E-state index in [9.17, 15) is 9.59 Å². The molecule has 2 heterocycles. The number of rotatable bonds is 6. The fourth-order valence-electron chi connectivity index (χ4n) is 6.80. The number of hydrogen-bond donors (Lipinski definition) is 0. The molecule has 2 aromatic rings. The number of likely N-dealkylation sites (tertiary alicyclic amines) is 1. The van der Waals surface area contributed by atoms with Crippen molar-refractivity contribution in [2.24, 2.45) is 16.7 Å². The molecule has 1 unspecified atom stereocenters. The van der Waals surface area contributed by atoms with Crippen molar-refractivity contribution in [2.45, 2.75) is 84.7 Å². The third-order valence-corrected chi connectivity index (χ3v) is 10.3. The Morgan fingerprint density at radius 3 is 1.76 bits per heavy atom. The first-order valence-corrected chi connectivity index (χ1v) is 14.6. The van der Waals surface area contributed by atoms with Gasteiger partial charge in [0.2, 0.25) is 11.8 Å². The zero-order valence-corrected chi connectivity index (χ0v) is 23.7. The summed E-state index contributed by atoms with van der Waals surface area (Å²) in [5, 5.41) is 0. The van der Waals surface area contributed by atoms with Gasteiger partial charge >= 0.3 is 0 Å². The molecule has 4 nitrogen and oxygen atoms in total. The fraction of sp³-hybridized carbons (Fsp3) is 0.529. The zero-order valence-electron chi connectivity index (χ0n) is 23.7. The Labute approximate surface area is 229 Å². The number of nitrogens with zero attached hydrogens (tertiary/aromatic N) is 2. The topological polar surface area (TPSA) is 40.6 Å². The lowest BCUT2D eigenvalue weighted by atomic mass is 9.62. The Bertz CT molecular complexity index is 1120. The van der Waals surface area contributed by atoms with Crippen LogP contribution in [0, 0.1) is 16.7 Å². The molecule has 0 radical (unpaired) electrons. The van der Waals surface area contributed by atoms with E-state index in [1.165, 1.54) is 55.2 Å². The van der Waals surface area contributed by atoms with Gasteiger partial charge in [-0.3, -0.25) is 9.59 Å². The van der Waals surface area contributed by atoms with Gasteiger partial charge < -0.3 is 9.80 Å². The monoisotopic (exact) mass is 512 g/mol. The third-order valence-electron chi connectivity index (χ3n) is 10.3. The van der Waals surface area contributed by atoms with Crippen LogP contribution in [0.5, 0.6) is 0 Å². The summed E-state index contributed by atoms with van der Waals surface area (Å²) in [5.74, 6) is 1.09. The minimum atomic E-state index is 0.158. The Balaban J connectivity index is 0.000000155. The van der Waals surface area contributed by atoms with Gasteiger partial charge in [0.1, 0.15) is 0 Å². The minimum absolute atomic E-state index is 0.158. The normalized spacial score (nSPS) is 25.1. The third kappa shape index (κ3) is 5.19. The number of carbonyl (C=O) groups is 2. The summed E-state index contributed by atoms with van der Waals surface area (Å²) in [5.41, 5.74) is 4.52. The highest BCUT2D eigenvalue weighted by Gasteiger charge is 2.46. The molecule has 4 heteroatoms. The van der Waals surface area contributed by atoms with Gasteiger partial charge in [0.15, 0.2) is 0 Å². The van der Waals surface area contributed by atoms with E-state index < -0.39 is 0 Å². The minimum Gasteiger partial charge on any atom is -0.336 e. The van der Waals surface area contributed by atoms with E-state index in [0.29, 0.717) is 22.7 Å². The molecule has 0 spiro atoms. The van der Waals surface area contributed by atoms with E-state index in [1.54, 1.807) is 0 Å². The molecule has 2 aromatic carbocycles. The van der Waals surface area contributed by atoms with E-state index in [1.807, 2.05) is 35.2 Å². The smallest absolute Gasteiger partial charge is 0.247 e. The molecule has 3 atom stereocenters. The summed E-state index contributed by atoms with van der Waals surface area (Å²) >= 11 is 0. The quantitative estimate of drug-likeness (QED) is 0.402. The Morgan fingerprint density at radius 2 is 1.29 bits per heavy atom.